The number of phenolic OH excluding ortho intramolecular Hbond substituents is 2. The summed E-state index contributed by atoms with van der Waals surface area (Å²) in [6, 6.07) is 6.24. The number of aliphatic hydroxyl groups is 3. The summed E-state index contributed by atoms with van der Waals surface area (Å²) in [7, 11) is -3.46. The molecule has 0 spiro atoms. The summed E-state index contributed by atoms with van der Waals surface area (Å²) >= 11 is 0. The number of aliphatic hydroxyl groups excluding tert-OH is 2. The molecule has 0 radical (unpaired) electrons. The summed E-state index contributed by atoms with van der Waals surface area (Å²) < 4.78 is 28.9. The number of Topliss-reactive ketones (excluding diaryl/α,β-unsaturated/α-hetero) is 1. The van der Waals surface area contributed by atoms with E-state index in [0.29, 0.717) is 5.56 Å². The zero-order valence-electron chi connectivity index (χ0n) is 41.8. The lowest BCUT2D eigenvalue weighted by Crippen LogP contribution is -2.60. The van der Waals surface area contributed by atoms with Gasteiger partial charge < -0.3 is 76.1 Å². The molecule has 10 atom stereocenters. The molecule has 12 N–H and O–H groups in total. The fourth-order valence-corrected chi connectivity index (χ4v) is 9.88. The summed E-state index contributed by atoms with van der Waals surface area (Å²) in [5, 5.41) is 69.3. The molecule has 3 aliphatic rings. The van der Waals surface area contributed by atoms with Crippen molar-refractivity contribution in [2.45, 2.75) is 127 Å². The van der Waals surface area contributed by atoms with Gasteiger partial charge in [0, 0.05) is 42.4 Å². The van der Waals surface area contributed by atoms with Gasteiger partial charge in [0.15, 0.2) is 17.9 Å². The van der Waals surface area contributed by atoms with Crippen molar-refractivity contribution in [2.24, 2.45) is 5.92 Å². The molecule has 3 aromatic carbocycles. The van der Waals surface area contributed by atoms with E-state index in [2.05, 4.69) is 26.6 Å². The number of fused-ring (bicyclic) bond motifs is 3. The monoisotopic (exact) mass is 1070 g/mol. The van der Waals surface area contributed by atoms with Crippen LogP contribution < -0.4 is 31.3 Å². The molecular formula is C50H62N5O19P. The number of nitrogens with one attached hydrogen (secondary N) is 5. The van der Waals surface area contributed by atoms with Crippen molar-refractivity contribution in [3.05, 3.63) is 87.5 Å². The Morgan fingerprint density at radius 3 is 2.05 bits per heavy atom. The molecule has 3 aromatic rings. The minimum absolute atomic E-state index is 0.00349. The number of phenols is 2. The molecular weight excluding hydrogens is 1010 g/mol. The SMILES string of the molecule is COc1cccc2c1C(=O)c1c(O)c3c(c(O)c1C2=O)CC(O)(C(=O)CO)CC3OC1CC(NC(=O)C(Cc2ccccc2)NC(=O)C(C)NC(=O)C(CC(C)C)NC(=O)C(C)NC(=O)CP(=O)(O)O)C(O)C(C)O1. The predicted molar refractivity (Wildman–Crippen MR) is 261 cm³/mol. The Balaban J connectivity index is 1.22. The maximum Gasteiger partial charge on any atom is 0.334 e. The smallest absolute Gasteiger partial charge is 0.334 e. The van der Waals surface area contributed by atoms with Gasteiger partial charge in [-0.1, -0.05) is 56.3 Å². The van der Waals surface area contributed by atoms with Crippen LogP contribution in [0.4, 0.5) is 0 Å². The van der Waals surface area contributed by atoms with Crippen LogP contribution in [0.5, 0.6) is 17.2 Å². The van der Waals surface area contributed by atoms with Crippen molar-refractivity contribution < 1.29 is 92.5 Å². The van der Waals surface area contributed by atoms with Gasteiger partial charge in [-0.05, 0) is 44.7 Å². The molecule has 1 saturated heterocycles. The minimum Gasteiger partial charge on any atom is -0.507 e. The van der Waals surface area contributed by atoms with Crippen molar-refractivity contribution >= 4 is 54.5 Å². The highest BCUT2D eigenvalue weighted by Crippen LogP contribution is 2.52. The predicted octanol–water partition coefficient (Wildman–Crippen LogP) is -0.396. The molecule has 1 heterocycles. The van der Waals surface area contributed by atoms with E-state index < -0.39 is 163 Å². The molecule has 0 saturated carbocycles. The third-order valence-electron chi connectivity index (χ3n) is 13.2. The number of carbonyl (C=O) groups excluding carboxylic acids is 8. The maximum absolute atomic E-state index is 14.3. The number of amides is 5. The highest BCUT2D eigenvalue weighted by molar-refractivity contribution is 7.52. The average molecular weight is 1070 g/mol. The minimum atomic E-state index is -4.73. The highest BCUT2D eigenvalue weighted by atomic mass is 31.2. The number of aromatic hydroxyl groups is 2. The van der Waals surface area contributed by atoms with E-state index in [4.69, 9.17) is 24.0 Å². The molecule has 6 rings (SSSR count). The third kappa shape index (κ3) is 13.1. The molecule has 1 aliphatic heterocycles. The Kier molecular flexibility index (Phi) is 18.1. The number of ketones is 3. The standard InChI is InChI=1S/C50H62N5O19P/c1-22(2)15-30(54-46(64)23(3)51-35(58)21-75(69,70)71)48(66)52-24(4)47(65)55-31(16-26-11-8-7-9-12-26)49(67)53-29-17-36(73-25(5)41(29)59)74-33-19-50(68,34(57)20-56)18-28-38(33)45(63)40-39(43(28)61)42(60)27-13-10-14-32(72-6)37(27)44(40)62/h7-14,22-25,29-31,33,36,41,56,59,61,63,68H,15-21H2,1-6H3,(H,51,58)(H,52,66)(H,53,67)(H,54,64)(H,55,65)(H2,69,70,71). The van der Waals surface area contributed by atoms with Crippen LogP contribution in [0.25, 0.3) is 0 Å². The Hall–Kier alpha value is -6.63. The molecule has 10 unspecified atom stereocenters. The second kappa shape index (κ2) is 23.5. The molecule has 0 bridgehead atoms. The molecule has 406 valence electrons. The molecule has 5 amide bonds. The van der Waals surface area contributed by atoms with E-state index in [-0.39, 0.29) is 53.2 Å². The van der Waals surface area contributed by atoms with Crippen molar-refractivity contribution in [3.63, 3.8) is 0 Å². The Labute approximate surface area is 430 Å². The number of carbonyl (C=O) groups is 8. The quantitative estimate of drug-likeness (QED) is 0.0396. The number of hydrogen-bond acceptors (Lipinski definition) is 17. The molecule has 1 fully saturated rings. The fourth-order valence-electron chi connectivity index (χ4n) is 9.42. The van der Waals surface area contributed by atoms with Gasteiger partial charge in [-0.2, -0.15) is 0 Å². The second-order valence-corrected chi connectivity index (χ2v) is 21.0. The summed E-state index contributed by atoms with van der Waals surface area (Å²) in [5.74, 6) is -9.11. The average Bonchev–Trinajstić information content (AvgIpc) is 3.33. The normalized spacial score (nSPS) is 22.7. The van der Waals surface area contributed by atoms with Crippen molar-refractivity contribution in [1.29, 1.82) is 0 Å². The van der Waals surface area contributed by atoms with Gasteiger partial charge in [-0.15, -0.1) is 0 Å². The van der Waals surface area contributed by atoms with Gasteiger partial charge in [0.2, 0.25) is 35.3 Å². The van der Waals surface area contributed by atoms with Gasteiger partial charge >= 0.3 is 7.60 Å². The fraction of sp³-hybridized carbons (Fsp3) is 0.480. The van der Waals surface area contributed by atoms with Crippen LogP contribution in [-0.2, 0) is 55.6 Å². The Bertz CT molecular complexity index is 2790. The van der Waals surface area contributed by atoms with Gasteiger partial charge in [0.25, 0.3) is 0 Å². The number of benzene rings is 3. The topological polar surface area (TPSA) is 383 Å². The first-order valence-electron chi connectivity index (χ1n) is 24.0. The van der Waals surface area contributed by atoms with Crippen LogP contribution >= 0.6 is 7.60 Å². The van der Waals surface area contributed by atoms with Crippen LogP contribution in [0.1, 0.15) is 109 Å². The van der Waals surface area contributed by atoms with E-state index in [1.54, 1.807) is 44.2 Å². The zero-order valence-corrected chi connectivity index (χ0v) is 42.7. The third-order valence-corrected chi connectivity index (χ3v) is 13.9. The first-order valence-corrected chi connectivity index (χ1v) is 25.8. The van der Waals surface area contributed by atoms with Gasteiger partial charge in [0.1, 0.15) is 65.9 Å². The largest absolute Gasteiger partial charge is 0.507 e. The molecule has 2 aliphatic carbocycles. The number of ether oxygens (including phenoxy) is 3. The first-order chi connectivity index (χ1) is 35.2. The summed E-state index contributed by atoms with van der Waals surface area (Å²) in [6.07, 6.45) is -8.55. The summed E-state index contributed by atoms with van der Waals surface area (Å²) in [4.78, 5) is 126. The van der Waals surface area contributed by atoms with Crippen LogP contribution in [0.3, 0.4) is 0 Å². The van der Waals surface area contributed by atoms with E-state index in [0.717, 1.165) is 0 Å². The molecule has 75 heavy (non-hydrogen) atoms. The Morgan fingerprint density at radius 2 is 1.44 bits per heavy atom. The lowest BCUT2D eigenvalue weighted by molar-refractivity contribution is -0.249. The number of rotatable bonds is 20. The van der Waals surface area contributed by atoms with Crippen molar-refractivity contribution in [1.82, 2.24) is 26.6 Å². The van der Waals surface area contributed by atoms with Gasteiger partial charge in [-0.3, -0.25) is 42.9 Å². The van der Waals surface area contributed by atoms with E-state index >= 15 is 0 Å². The second-order valence-electron chi connectivity index (χ2n) is 19.4. The highest BCUT2D eigenvalue weighted by Gasteiger charge is 2.50. The number of hydrogen-bond donors (Lipinski definition) is 12. The van der Waals surface area contributed by atoms with Gasteiger partial charge in [0.05, 0.1) is 42.0 Å². The van der Waals surface area contributed by atoms with Crippen LogP contribution in [0.15, 0.2) is 48.5 Å². The molecule has 0 aromatic heterocycles. The van der Waals surface area contributed by atoms with Crippen molar-refractivity contribution in [3.8, 4) is 17.2 Å². The summed E-state index contributed by atoms with van der Waals surface area (Å²) in [5.41, 5.74) is -4.03. The molecule has 24 nitrogen and oxygen atoms in total. The molecule has 25 heteroatoms. The van der Waals surface area contributed by atoms with E-state index in [1.807, 2.05) is 0 Å². The Morgan fingerprint density at radius 1 is 0.813 bits per heavy atom. The van der Waals surface area contributed by atoms with Crippen LogP contribution in [0, 0.1) is 5.92 Å². The lowest BCUT2D eigenvalue weighted by Gasteiger charge is -2.43. The van der Waals surface area contributed by atoms with Gasteiger partial charge in [-0.25, -0.2) is 0 Å². The van der Waals surface area contributed by atoms with Crippen LogP contribution in [0.2, 0.25) is 0 Å². The summed E-state index contributed by atoms with van der Waals surface area (Å²) in [6.45, 7) is 6.37. The maximum atomic E-state index is 14.3. The number of methoxy groups -OCH3 is 1. The zero-order chi connectivity index (χ0) is 55.4. The van der Waals surface area contributed by atoms with E-state index in [1.165, 1.54) is 46.1 Å². The van der Waals surface area contributed by atoms with Crippen molar-refractivity contribution in [2.75, 3.05) is 19.9 Å². The first kappa shape index (κ1) is 57.6. The van der Waals surface area contributed by atoms with Crippen LogP contribution in [-0.4, -0.2) is 156 Å². The lowest BCUT2D eigenvalue weighted by atomic mass is 9.72. The van der Waals surface area contributed by atoms with E-state index in [9.17, 15) is 68.5 Å².